The maximum Gasteiger partial charge on any atom is 0.212 e. The molecule has 0 radical (unpaired) electrons. The van der Waals surface area contributed by atoms with Crippen molar-refractivity contribution in [3.8, 4) is 0 Å². The third-order valence-corrected chi connectivity index (χ3v) is 6.53. The second kappa shape index (κ2) is 8.64. The van der Waals surface area contributed by atoms with Gasteiger partial charge in [-0.3, -0.25) is 9.89 Å². The Morgan fingerprint density at radius 2 is 1.73 bits per heavy atom. The number of quaternary nitrogens is 1. The second-order valence-electron chi connectivity index (χ2n) is 8.29. The van der Waals surface area contributed by atoms with Crippen LogP contribution in [0.1, 0.15) is 25.1 Å². The monoisotopic (exact) mass is 434 g/mol. The first-order valence-corrected chi connectivity index (χ1v) is 11.5. The van der Waals surface area contributed by atoms with Crippen molar-refractivity contribution in [2.24, 2.45) is 4.99 Å². The molecule has 2 aliphatic rings. The van der Waals surface area contributed by atoms with E-state index in [-0.39, 0.29) is 5.76 Å². The summed E-state index contributed by atoms with van der Waals surface area (Å²) in [6.07, 6.45) is 8.24. The Labute approximate surface area is 194 Å². The largest absolute Gasteiger partial charge is 0.872 e. The van der Waals surface area contributed by atoms with Gasteiger partial charge >= 0.3 is 0 Å². The van der Waals surface area contributed by atoms with Crippen LogP contribution >= 0.6 is 0 Å². The number of allylic oxidation sites excluding steroid dienone is 4. The summed E-state index contributed by atoms with van der Waals surface area (Å²) in [7, 11) is 1.76. The molecule has 1 N–H and O–H groups in total. The topological polar surface area (TPSA) is 43.7 Å². The van der Waals surface area contributed by atoms with Gasteiger partial charge in [-0.15, -0.1) is 0 Å². The van der Waals surface area contributed by atoms with Gasteiger partial charge in [-0.25, -0.2) is 0 Å². The quantitative estimate of drug-likeness (QED) is 0.629. The van der Waals surface area contributed by atoms with Crippen LogP contribution in [-0.2, 0) is 6.54 Å². The Morgan fingerprint density at radius 3 is 2.52 bits per heavy atom. The molecule has 1 unspecified atom stereocenters. The predicted molar refractivity (Wildman–Crippen MR) is 133 cm³/mol. The van der Waals surface area contributed by atoms with Crippen LogP contribution in [-0.4, -0.2) is 19.3 Å². The number of aliphatic imine (C=N–C) groups is 1. The van der Waals surface area contributed by atoms with Gasteiger partial charge in [0.1, 0.15) is 17.9 Å². The minimum absolute atomic E-state index is 0.0571. The number of aromatic nitrogens is 1. The first-order valence-electron chi connectivity index (χ1n) is 11.5. The summed E-state index contributed by atoms with van der Waals surface area (Å²) in [4.78, 5) is 5.75. The number of nitrogens with one attached hydrogen (secondary N) is 1. The number of nitrogens with zero attached hydrogens (tertiary/aromatic N) is 2. The number of rotatable bonds is 4. The van der Waals surface area contributed by atoms with E-state index in [1.165, 1.54) is 21.5 Å². The Hall–Kier alpha value is -3.76. The van der Waals surface area contributed by atoms with E-state index in [9.17, 15) is 5.11 Å². The van der Waals surface area contributed by atoms with E-state index in [1.54, 1.807) is 7.05 Å². The fourth-order valence-electron chi connectivity index (χ4n) is 4.89. The SMILES string of the molecule is CC[n+]1c(C=C2C(=NC)C(C=C3C=Cc4ccccc4[NH+]3CC)=C2[O-])ccc2ccccc21. The molecule has 1 atom stereocenters. The molecule has 5 rings (SSSR count). The normalized spacial score (nSPS) is 21.2. The number of benzene rings is 2. The van der Waals surface area contributed by atoms with Gasteiger partial charge in [0, 0.05) is 54.4 Å². The van der Waals surface area contributed by atoms with Crippen LogP contribution < -0.4 is 14.6 Å². The van der Waals surface area contributed by atoms with Gasteiger partial charge in [0.15, 0.2) is 0 Å². The van der Waals surface area contributed by atoms with Crippen LogP contribution in [0.2, 0.25) is 0 Å². The van der Waals surface area contributed by atoms with Gasteiger partial charge in [-0.2, -0.15) is 4.57 Å². The molecule has 164 valence electrons. The number of hydrogen-bond donors (Lipinski definition) is 1. The Morgan fingerprint density at radius 1 is 0.939 bits per heavy atom. The molecule has 1 aliphatic carbocycles. The zero-order valence-corrected chi connectivity index (χ0v) is 19.3. The Bertz CT molecular complexity index is 1410. The summed E-state index contributed by atoms with van der Waals surface area (Å²) in [5.74, 6) is 0.0571. The molecular formula is C29H28N3O+. The fourth-order valence-corrected chi connectivity index (χ4v) is 4.89. The molecule has 3 aromatic rings. The average Bonchev–Trinajstić information content (AvgIpc) is 2.86. The van der Waals surface area contributed by atoms with Crippen LogP contribution in [0.25, 0.3) is 23.1 Å². The molecule has 2 aromatic carbocycles. The lowest BCUT2D eigenvalue weighted by atomic mass is 9.85. The van der Waals surface area contributed by atoms with Crippen molar-refractivity contribution in [3.63, 3.8) is 0 Å². The highest BCUT2D eigenvalue weighted by Gasteiger charge is 2.28. The van der Waals surface area contributed by atoms with Crippen molar-refractivity contribution in [1.29, 1.82) is 0 Å². The number of fused-ring (bicyclic) bond motifs is 2. The molecule has 4 nitrogen and oxygen atoms in total. The van der Waals surface area contributed by atoms with Gasteiger partial charge in [0.2, 0.25) is 11.2 Å². The van der Waals surface area contributed by atoms with Crippen LogP contribution in [0.5, 0.6) is 0 Å². The number of para-hydroxylation sites is 2. The van der Waals surface area contributed by atoms with Crippen molar-refractivity contribution in [2.75, 3.05) is 13.6 Å². The molecule has 1 aromatic heterocycles. The zero-order valence-electron chi connectivity index (χ0n) is 19.3. The van der Waals surface area contributed by atoms with Crippen molar-refractivity contribution in [1.82, 2.24) is 0 Å². The number of aryl methyl sites for hydroxylation is 1. The first kappa shape index (κ1) is 21.1. The minimum Gasteiger partial charge on any atom is -0.872 e. The minimum atomic E-state index is 0.0571. The molecular weight excluding hydrogens is 406 g/mol. The van der Waals surface area contributed by atoms with E-state index in [0.29, 0.717) is 11.1 Å². The van der Waals surface area contributed by atoms with E-state index in [2.05, 4.69) is 90.2 Å². The average molecular weight is 435 g/mol. The van der Waals surface area contributed by atoms with E-state index in [4.69, 9.17) is 0 Å². The molecule has 0 saturated carbocycles. The molecule has 0 spiro atoms. The van der Waals surface area contributed by atoms with E-state index >= 15 is 0 Å². The van der Waals surface area contributed by atoms with Crippen molar-refractivity contribution in [2.45, 2.75) is 20.4 Å². The summed E-state index contributed by atoms with van der Waals surface area (Å²) in [5, 5.41) is 14.4. The number of hydrogen-bond acceptors (Lipinski definition) is 2. The van der Waals surface area contributed by atoms with E-state index in [1.807, 2.05) is 18.2 Å². The third-order valence-electron chi connectivity index (χ3n) is 6.53. The zero-order chi connectivity index (χ0) is 22.9. The van der Waals surface area contributed by atoms with Crippen molar-refractivity contribution >= 4 is 34.5 Å². The first-order chi connectivity index (χ1) is 16.2. The predicted octanol–water partition coefficient (Wildman–Crippen LogP) is 3.38. The lowest BCUT2D eigenvalue weighted by Gasteiger charge is -2.33. The third kappa shape index (κ3) is 3.53. The molecule has 0 saturated heterocycles. The summed E-state index contributed by atoms with van der Waals surface area (Å²) < 4.78 is 2.24. The van der Waals surface area contributed by atoms with Gasteiger partial charge in [0.05, 0.1) is 12.3 Å². The standard InChI is InChI=1S/C29H27N3O/c1-4-31-22(16-14-20-10-6-8-12-26(20)31)18-24-28(30-3)25(29(24)33)19-23-17-15-21-11-7-9-13-27(21)32(23)5-2/h6-19H,4-5H2,1-3H3/p+1. The van der Waals surface area contributed by atoms with Gasteiger partial charge in [-0.05, 0) is 49.3 Å². The van der Waals surface area contributed by atoms with Crippen LogP contribution in [0.3, 0.4) is 0 Å². The molecule has 0 bridgehead atoms. The second-order valence-corrected chi connectivity index (χ2v) is 8.29. The van der Waals surface area contributed by atoms with Gasteiger partial charge < -0.3 is 5.11 Å². The number of likely N-dealkylation sites (N-methyl/N-ethyl adjacent to an activating group) is 1. The Kier molecular flexibility index (Phi) is 5.53. The van der Waals surface area contributed by atoms with Gasteiger partial charge in [-0.1, -0.05) is 30.0 Å². The smallest absolute Gasteiger partial charge is 0.212 e. The lowest BCUT2D eigenvalue weighted by Crippen LogP contribution is -3.05. The molecule has 0 amide bonds. The highest BCUT2D eigenvalue weighted by Crippen LogP contribution is 2.31. The van der Waals surface area contributed by atoms with Crippen LogP contribution in [0, 0.1) is 0 Å². The fraction of sp³-hybridized carbons (Fsp3) is 0.172. The number of pyridine rings is 1. The van der Waals surface area contributed by atoms with Crippen molar-refractivity contribution < 1.29 is 14.6 Å². The van der Waals surface area contributed by atoms with E-state index in [0.717, 1.165) is 35.7 Å². The molecule has 33 heavy (non-hydrogen) atoms. The molecule has 2 heterocycles. The van der Waals surface area contributed by atoms with Crippen LogP contribution in [0.15, 0.2) is 100 Å². The Balaban J connectivity index is 1.56. The highest BCUT2D eigenvalue weighted by molar-refractivity contribution is 6.26. The highest BCUT2D eigenvalue weighted by atomic mass is 16.3. The summed E-state index contributed by atoms with van der Waals surface area (Å²) >= 11 is 0. The van der Waals surface area contributed by atoms with Gasteiger partial charge in [0.25, 0.3) is 0 Å². The summed E-state index contributed by atoms with van der Waals surface area (Å²) in [6, 6.07) is 20.9. The maximum absolute atomic E-state index is 13.2. The molecule has 4 heteroatoms. The maximum atomic E-state index is 13.2. The van der Waals surface area contributed by atoms with Crippen molar-refractivity contribution in [3.05, 3.63) is 107 Å². The lowest BCUT2D eigenvalue weighted by molar-refractivity contribution is -0.785. The molecule has 1 aliphatic heterocycles. The molecule has 0 fully saturated rings. The van der Waals surface area contributed by atoms with Crippen LogP contribution in [0.4, 0.5) is 5.69 Å². The summed E-state index contributed by atoms with van der Waals surface area (Å²) in [5.41, 5.74) is 7.89. The van der Waals surface area contributed by atoms with E-state index < -0.39 is 0 Å². The summed E-state index contributed by atoms with van der Waals surface area (Å²) in [6.45, 7) is 6.02.